The van der Waals surface area contributed by atoms with E-state index >= 15 is 0 Å². The molecule has 0 saturated carbocycles. The van der Waals surface area contributed by atoms with Crippen LogP contribution in [0.15, 0.2) is 18.2 Å². The van der Waals surface area contributed by atoms with Crippen LogP contribution in [0.3, 0.4) is 0 Å². The highest BCUT2D eigenvalue weighted by Crippen LogP contribution is 2.26. The molecular formula is C13H17N3O3. The molecule has 0 aliphatic rings. The number of nitrogens with zero attached hydrogens (tertiary/aromatic N) is 2. The monoisotopic (exact) mass is 263 g/mol. The maximum absolute atomic E-state index is 11.0. The highest BCUT2D eigenvalue weighted by atomic mass is 16.6. The van der Waals surface area contributed by atoms with Crippen molar-refractivity contribution in [1.82, 2.24) is 0 Å². The van der Waals surface area contributed by atoms with E-state index < -0.39 is 4.92 Å². The van der Waals surface area contributed by atoms with Crippen molar-refractivity contribution in [3.8, 4) is 6.07 Å². The molecule has 0 aromatic heterocycles. The third-order valence-electron chi connectivity index (χ3n) is 2.69. The van der Waals surface area contributed by atoms with Gasteiger partial charge < -0.3 is 10.1 Å². The Morgan fingerprint density at radius 2 is 2.32 bits per heavy atom. The molecule has 1 rings (SSSR count). The third-order valence-corrected chi connectivity index (χ3v) is 2.69. The first-order valence-electron chi connectivity index (χ1n) is 6.06. The first-order chi connectivity index (χ1) is 9.12. The molecule has 0 aliphatic heterocycles. The van der Waals surface area contributed by atoms with E-state index in [0.29, 0.717) is 12.3 Å². The summed E-state index contributed by atoms with van der Waals surface area (Å²) in [7, 11) is 1.59. The minimum Gasteiger partial charge on any atom is -0.383 e. The standard InChI is InChI=1S/C13H17N3O3/c1-3-4-11(9-19-2)15-12-6-5-10(8-14)7-13(12)16(17)18/h5-7,11,15H,3-4,9H2,1-2H3. The van der Waals surface area contributed by atoms with Gasteiger partial charge >= 0.3 is 0 Å². The Hall–Kier alpha value is -2.13. The molecule has 102 valence electrons. The van der Waals surface area contributed by atoms with Crippen LogP contribution in [0.25, 0.3) is 0 Å². The first-order valence-corrected chi connectivity index (χ1v) is 6.06. The molecular weight excluding hydrogens is 246 g/mol. The van der Waals surface area contributed by atoms with Gasteiger partial charge in [-0.3, -0.25) is 10.1 Å². The largest absolute Gasteiger partial charge is 0.383 e. The quantitative estimate of drug-likeness (QED) is 0.603. The molecule has 0 bridgehead atoms. The summed E-state index contributed by atoms with van der Waals surface area (Å²) in [6.45, 7) is 2.52. The summed E-state index contributed by atoms with van der Waals surface area (Å²) in [4.78, 5) is 10.5. The molecule has 0 aliphatic carbocycles. The van der Waals surface area contributed by atoms with Crippen molar-refractivity contribution in [2.75, 3.05) is 19.0 Å². The minimum atomic E-state index is -0.487. The molecule has 0 amide bonds. The molecule has 1 atom stereocenters. The molecule has 6 heteroatoms. The van der Waals surface area contributed by atoms with Crippen LogP contribution in [0.2, 0.25) is 0 Å². The Labute approximate surface area is 112 Å². The molecule has 0 saturated heterocycles. The maximum atomic E-state index is 11.0. The van der Waals surface area contributed by atoms with Gasteiger partial charge in [0, 0.05) is 19.2 Å². The van der Waals surface area contributed by atoms with Crippen molar-refractivity contribution in [3.63, 3.8) is 0 Å². The summed E-state index contributed by atoms with van der Waals surface area (Å²) >= 11 is 0. The lowest BCUT2D eigenvalue weighted by Crippen LogP contribution is -2.25. The molecule has 1 aromatic rings. The molecule has 0 spiro atoms. The van der Waals surface area contributed by atoms with Gasteiger partial charge in [-0.05, 0) is 18.6 Å². The number of nitrogens with one attached hydrogen (secondary N) is 1. The number of anilines is 1. The molecule has 1 unspecified atom stereocenters. The van der Waals surface area contributed by atoms with Crippen molar-refractivity contribution in [1.29, 1.82) is 5.26 Å². The second-order valence-electron chi connectivity index (χ2n) is 4.19. The van der Waals surface area contributed by atoms with E-state index in [0.717, 1.165) is 12.8 Å². The van der Waals surface area contributed by atoms with Crippen LogP contribution in [-0.2, 0) is 4.74 Å². The van der Waals surface area contributed by atoms with E-state index in [4.69, 9.17) is 10.00 Å². The second kappa shape index (κ2) is 7.34. The van der Waals surface area contributed by atoms with Gasteiger partial charge in [-0.1, -0.05) is 13.3 Å². The highest BCUT2D eigenvalue weighted by molar-refractivity contribution is 5.64. The summed E-state index contributed by atoms with van der Waals surface area (Å²) < 4.78 is 5.09. The van der Waals surface area contributed by atoms with Crippen LogP contribution in [0.1, 0.15) is 25.3 Å². The number of benzene rings is 1. The van der Waals surface area contributed by atoms with Gasteiger partial charge in [-0.25, -0.2) is 0 Å². The van der Waals surface area contributed by atoms with E-state index in [1.807, 2.05) is 13.0 Å². The van der Waals surface area contributed by atoms with Gasteiger partial charge in [0.1, 0.15) is 5.69 Å². The average Bonchev–Trinajstić information content (AvgIpc) is 2.39. The molecule has 1 N–H and O–H groups in total. The summed E-state index contributed by atoms with van der Waals surface area (Å²) in [6.07, 6.45) is 1.80. The van der Waals surface area contributed by atoms with Crippen LogP contribution in [0.5, 0.6) is 0 Å². The van der Waals surface area contributed by atoms with Crippen LogP contribution >= 0.6 is 0 Å². The predicted octanol–water partition coefficient (Wildman–Crippen LogP) is 2.69. The maximum Gasteiger partial charge on any atom is 0.293 e. The predicted molar refractivity (Wildman–Crippen MR) is 72.0 cm³/mol. The number of nitro benzene ring substituents is 1. The fourth-order valence-electron chi connectivity index (χ4n) is 1.84. The van der Waals surface area contributed by atoms with Gasteiger partial charge in [-0.2, -0.15) is 5.26 Å². The summed E-state index contributed by atoms with van der Waals surface area (Å²) in [6, 6.07) is 6.31. The lowest BCUT2D eigenvalue weighted by molar-refractivity contribution is -0.384. The van der Waals surface area contributed by atoms with Crippen LogP contribution in [-0.4, -0.2) is 24.7 Å². The third kappa shape index (κ3) is 4.23. The lowest BCUT2D eigenvalue weighted by atomic mass is 10.1. The van der Waals surface area contributed by atoms with Gasteiger partial charge in [-0.15, -0.1) is 0 Å². The number of nitriles is 1. The Morgan fingerprint density at radius 1 is 1.58 bits per heavy atom. The van der Waals surface area contributed by atoms with Crippen molar-refractivity contribution < 1.29 is 9.66 Å². The fourth-order valence-corrected chi connectivity index (χ4v) is 1.84. The van der Waals surface area contributed by atoms with E-state index in [9.17, 15) is 10.1 Å². The zero-order valence-electron chi connectivity index (χ0n) is 11.0. The summed E-state index contributed by atoms with van der Waals surface area (Å²) in [5.74, 6) is 0. The van der Waals surface area contributed by atoms with E-state index in [-0.39, 0.29) is 17.3 Å². The SMILES string of the molecule is CCCC(COC)Nc1ccc(C#N)cc1[N+](=O)[O-]. The zero-order chi connectivity index (χ0) is 14.3. The van der Waals surface area contributed by atoms with Crippen molar-refractivity contribution in [2.45, 2.75) is 25.8 Å². The summed E-state index contributed by atoms with van der Waals surface area (Å²) in [5, 5.41) is 22.9. The second-order valence-corrected chi connectivity index (χ2v) is 4.19. The zero-order valence-corrected chi connectivity index (χ0v) is 11.0. The van der Waals surface area contributed by atoms with Crippen LogP contribution in [0, 0.1) is 21.4 Å². The smallest absolute Gasteiger partial charge is 0.293 e. The van der Waals surface area contributed by atoms with Crippen molar-refractivity contribution in [3.05, 3.63) is 33.9 Å². The highest BCUT2D eigenvalue weighted by Gasteiger charge is 2.17. The molecule has 0 radical (unpaired) electrons. The molecule has 0 heterocycles. The minimum absolute atomic E-state index is 0.0154. The van der Waals surface area contributed by atoms with Crippen LogP contribution < -0.4 is 5.32 Å². The first kappa shape index (κ1) is 14.9. The number of hydrogen-bond donors (Lipinski definition) is 1. The van der Waals surface area contributed by atoms with Gasteiger partial charge in [0.05, 0.1) is 23.2 Å². The topological polar surface area (TPSA) is 88.2 Å². The number of methoxy groups -OCH3 is 1. The Morgan fingerprint density at radius 3 is 2.84 bits per heavy atom. The normalized spacial score (nSPS) is 11.6. The Kier molecular flexibility index (Phi) is 5.76. The Bertz CT molecular complexity index is 477. The van der Waals surface area contributed by atoms with E-state index in [1.165, 1.54) is 6.07 Å². The molecule has 6 nitrogen and oxygen atoms in total. The fraction of sp³-hybridized carbons (Fsp3) is 0.462. The number of nitro groups is 1. The number of rotatable bonds is 7. The van der Waals surface area contributed by atoms with Crippen molar-refractivity contribution >= 4 is 11.4 Å². The average molecular weight is 263 g/mol. The van der Waals surface area contributed by atoms with E-state index in [2.05, 4.69) is 5.32 Å². The van der Waals surface area contributed by atoms with Crippen molar-refractivity contribution in [2.24, 2.45) is 0 Å². The molecule has 19 heavy (non-hydrogen) atoms. The van der Waals surface area contributed by atoms with E-state index in [1.54, 1.807) is 19.2 Å². The van der Waals surface area contributed by atoms with Gasteiger partial charge in [0.15, 0.2) is 0 Å². The summed E-state index contributed by atoms with van der Waals surface area (Å²) in [5.41, 5.74) is 0.604. The number of ether oxygens (including phenoxy) is 1. The van der Waals surface area contributed by atoms with Gasteiger partial charge in [0.25, 0.3) is 5.69 Å². The lowest BCUT2D eigenvalue weighted by Gasteiger charge is -2.18. The molecule has 0 fully saturated rings. The number of hydrogen-bond acceptors (Lipinski definition) is 5. The Balaban J connectivity index is 2.98. The van der Waals surface area contributed by atoms with Gasteiger partial charge in [0.2, 0.25) is 0 Å². The van der Waals surface area contributed by atoms with Crippen LogP contribution in [0.4, 0.5) is 11.4 Å². The molecule has 1 aromatic carbocycles.